The fourth-order valence-electron chi connectivity index (χ4n) is 2.66. The van der Waals surface area contributed by atoms with Crippen molar-refractivity contribution in [2.24, 2.45) is 0 Å². The molecular weight excluding hydrogens is 330 g/mol. The van der Waals surface area contributed by atoms with Gasteiger partial charge in [-0.1, -0.05) is 5.16 Å². The van der Waals surface area contributed by atoms with E-state index in [1.807, 2.05) is 0 Å². The maximum atomic E-state index is 13.8. The van der Waals surface area contributed by atoms with Crippen LogP contribution in [0.3, 0.4) is 0 Å². The summed E-state index contributed by atoms with van der Waals surface area (Å²) in [6, 6.07) is 1.81. The van der Waals surface area contributed by atoms with Crippen molar-refractivity contribution in [1.29, 1.82) is 0 Å². The van der Waals surface area contributed by atoms with Crippen LogP contribution in [0.1, 0.15) is 40.0 Å². The number of likely N-dealkylation sites (tertiary alicyclic amines) is 1. The number of hydrogen-bond acceptors (Lipinski definition) is 4. The molecule has 1 aromatic carbocycles. The molecule has 0 unspecified atom stereocenters. The van der Waals surface area contributed by atoms with Crippen LogP contribution in [-0.2, 0) is 6.18 Å². The summed E-state index contributed by atoms with van der Waals surface area (Å²) in [5, 5.41) is 3.67. The summed E-state index contributed by atoms with van der Waals surface area (Å²) in [7, 11) is 0. The normalized spacial score (nSPS) is 18.2. The largest absolute Gasteiger partial charge is 0.416 e. The van der Waals surface area contributed by atoms with E-state index < -0.39 is 29.0 Å². The van der Waals surface area contributed by atoms with Gasteiger partial charge in [-0.05, 0) is 31.5 Å². The number of rotatable bonds is 2. The monoisotopic (exact) mass is 343 g/mol. The third kappa shape index (κ3) is 3.10. The molecule has 0 radical (unpaired) electrons. The minimum Gasteiger partial charge on any atom is -0.339 e. The lowest BCUT2D eigenvalue weighted by Gasteiger charge is -2.17. The van der Waals surface area contributed by atoms with Crippen LogP contribution >= 0.6 is 0 Å². The molecular formula is C15H13F4N3O2. The number of hydrogen-bond donors (Lipinski definition) is 0. The van der Waals surface area contributed by atoms with Gasteiger partial charge < -0.3 is 9.42 Å². The van der Waals surface area contributed by atoms with Crippen molar-refractivity contribution in [2.45, 2.75) is 25.4 Å². The van der Waals surface area contributed by atoms with E-state index in [1.165, 1.54) is 4.90 Å². The second-order valence-corrected chi connectivity index (χ2v) is 5.61. The highest BCUT2D eigenvalue weighted by Crippen LogP contribution is 2.32. The number of alkyl halides is 3. The zero-order valence-electron chi connectivity index (χ0n) is 12.6. The van der Waals surface area contributed by atoms with Gasteiger partial charge in [0.05, 0.1) is 17.0 Å². The van der Waals surface area contributed by atoms with E-state index in [0.717, 1.165) is 0 Å². The molecule has 1 amide bonds. The van der Waals surface area contributed by atoms with Gasteiger partial charge in [0, 0.05) is 13.1 Å². The van der Waals surface area contributed by atoms with E-state index in [9.17, 15) is 22.4 Å². The summed E-state index contributed by atoms with van der Waals surface area (Å²) in [5.74, 6) is -1.14. The van der Waals surface area contributed by atoms with Crippen molar-refractivity contribution in [1.82, 2.24) is 15.0 Å². The van der Waals surface area contributed by atoms with Crippen LogP contribution in [0.2, 0.25) is 0 Å². The quantitative estimate of drug-likeness (QED) is 0.786. The first-order valence-electron chi connectivity index (χ1n) is 7.22. The van der Waals surface area contributed by atoms with Crippen molar-refractivity contribution in [2.75, 3.05) is 13.1 Å². The Morgan fingerprint density at radius 2 is 2.12 bits per heavy atom. The molecule has 0 saturated carbocycles. The summed E-state index contributed by atoms with van der Waals surface area (Å²) in [5.41, 5.74) is -1.65. The van der Waals surface area contributed by atoms with Gasteiger partial charge in [0.25, 0.3) is 5.91 Å². The smallest absolute Gasteiger partial charge is 0.339 e. The average Bonchev–Trinajstić information content (AvgIpc) is 3.14. The molecule has 3 rings (SSSR count). The highest BCUT2D eigenvalue weighted by Gasteiger charge is 2.35. The maximum Gasteiger partial charge on any atom is 0.416 e. The maximum absolute atomic E-state index is 13.8. The van der Waals surface area contributed by atoms with Gasteiger partial charge in [0.1, 0.15) is 5.82 Å². The fourth-order valence-corrected chi connectivity index (χ4v) is 2.66. The summed E-state index contributed by atoms with van der Waals surface area (Å²) in [6.07, 6.45) is -4.12. The number of amides is 1. The number of halogens is 4. The number of nitrogens with zero attached hydrogens (tertiary/aromatic N) is 3. The van der Waals surface area contributed by atoms with Crippen LogP contribution < -0.4 is 0 Å². The van der Waals surface area contributed by atoms with Crippen molar-refractivity contribution in [3.8, 4) is 0 Å². The zero-order valence-corrected chi connectivity index (χ0v) is 12.6. The molecule has 128 valence electrons. The first kappa shape index (κ1) is 16.4. The third-order valence-corrected chi connectivity index (χ3v) is 3.89. The summed E-state index contributed by atoms with van der Waals surface area (Å²) in [4.78, 5) is 17.8. The van der Waals surface area contributed by atoms with Gasteiger partial charge in [-0.25, -0.2) is 4.39 Å². The van der Waals surface area contributed by atoms with Crippen molar-refractivity contribution >= 4 is 5.91 Å². The molecule has 9 heteroatoms. The molecule has 1 fully saturated rings. The molecule has 5 nitrogen and oxygen atoms in total. The van der Waals surface area contributed by atoms with Crippen LogP contribution in [0, 0.1) is 12.7 Å². The van der Waals surface area contributed by atoms with Crippen LogP contribution in [0.15, 0.2) is 22.7 Å². The third-order valence-electron chi connectivity index (χ3n) is 3.89. The predicted octanol–water partition coefficient (Wildman–Crippen LogP) is 3.17. The summed E-state index contributed by atoms with van der Waals surface area (Å²) in [6.45, 7) is 2.12. The van der Waals surface area contributed by atoms with Gasteiger partial charge >= 0.3 is 6.18 Å². The molecule has 2 heterocycles. The molecule has 1 aliphatic heterocycles. The van der Waals surface area contributed by atoms with E-state index in [-0.39, 0.29) is 19.0 Å². The lowest BCUT2D eigenvalue weighted by Crippen LogP contribution is -2.29. The number of carbonyl (C=O) groups is 1. The molecule has 1 atom stereocenters. The zero-order chi connectivity index (χ0) is 17.5. The van der Waals surface area contributed by atoms with Gasteiger partial charge in [-0.2, -0.15) is 18.2 Å². The van der Waals surface area contributed by atoms with Crippen molar-refractivity contribution in [3.63, 3.8) is 0 Å². The van der Waals surface area contributed by atoms with Gasteiger partial charge in [0.2, 0.25) is 5.89 Å². The van der Waals surface area contributed by atoms with E-state index >= 15 is 0 Å². The minimum atomic E-state index is -4.64. The highest BCUT2D eigenvalue weighted by atomic mass is 19.4. The number of benzene rings is 1. The lowest BCUT2D eigenvalue weighted by molar-refractivity contribution is -0.137. The first-order valence-corrected chi connectivity index (χ1v) is 7.22. The molecule has 1 aliphatic rings. The lowest BCUT2D eigenvalue weighted by atomic mass is 10.1. The standard InChI is InChI=1S/C15H13F4N3O2/c1-8-20-13(24-21-8)9-4-5-22(7-9)14(23)11-6-10(15(17,18)19)2-3-12(11)16/h2-3,6,9H,4-5,7H2,1H3/t9-/m1/s1. The van der Waals surface area contributed by atoms with Crippen LogP contribution in [-0.4, -0.2) is 34.0 Å². The van der Waals surface area contributed by atoms with Gasteiger partial charge in [-0.3, -0.25) is 4.79 Å². The van der Waals surface area contributed by atoms with E-state index in [2.05, 4.69) is 10.1 Å². The molecule has 2 aromatic rings. The second-order valence-electron chi connectivity index (χ2n) is 5.61. The number of carbonyl (C=O) groups excluding carboxylic acids is 1. The Morgan fingerprint density at radius 1 is 1.38 bits per heavy atom. The van der Waals surface area contributed by atoms with Crippen LogP contribution in [0.5, 0.6) is 0 Å². The van der Waals surface area contributed by atoms with Gasteiger partial charge in [0.15, 0.2) is 5.82 Å². The summed E-state index contributed by atoms with van der Waals surface area (Å²) < 4.78 is 57.1. The average molecular weight is 343 g/mol. The number of aryl methyl sites for hydroxylation is 1. The SMILES string of the molecule is Cc1noc([C@@H]2CCN(C(=O)c3cc(C(F)(F)F)ccc3F)C2)n1. The molecule has 0 N–H and O–H groups in total. The molecule has 0 bridgehead atoms. The Balaban J connectivity index is 1.80. The molecule has 0 spiro atoms. The Hall–Kier alpha value is -2.45. The van der Waals surface area contributed by atoms with E-state index in [1.54, 1.807) is 6.92 Å². The second kappa shape index (κ2) is 5.88. The van der Waals surface area contributed by atoms with E-state index in [0.29, 0.717) is 36.3 Å². The van der Waals surface area contributed by atoms with Gasteiger partial charge in [-0.15, -0.1) is 0 Å². The minimum absolute atomic E-state index is 0.191. The topological polar surface area (TPSA) is 59.2 Å². The molecule has 1 aromatic heterocycles. The molecule has 0 aliphatic carbocycles. The Kier molecular flexibility index (Phi) is 4.02. The summed E-state index contributed by atoms with van der Waals surface area (Å²) >= 11 is 0. The Bertz CT molecular complexity index is 772. The molecule has 24 heavy (non-hydrogen) atoms. The number of aromatic nitrogens is 2. The Morgan fingerprint density at radius 3 is 2.75 bits per heavy atom. The molecule has 1 saturated heterocycles. The fraction of sp³-hybridized carbons (Fsp3) is 0.400. The highest BCUT2D eigenvalue weighted by molar-refractivity contribution is 5.95. The predicted molar refractivity (Wildman–Crippen MR) is 73.7 cm³/mol. The first-order chi connectivity index (χ1) is 11.3. The van der Waals surface area contributed by atoms with Crippen LogP contribution in [0.25, 0.3) is 0 Å². The van der Waals surface area contributed by atoms with Crippen LogP contribution in [0.4, 0.5) is 17.6 Å². The van der Waals surface area contributed by atoms with Crippen molar-refractivity contribution in [3.05, 3.63) is 46.9 Å². The Labute approximate surface area is 134 Å². The van der Waals surface area contributed by atoms with Crippen molar-refractivity contribution < 1.29 is 26.9 Å². The van der Waals surface area contributed by atoms with E-state index in [4.69, 9.17) is 4.52 Å².